The monoisotopic (exact) mass is 260 g/mol. The third kappa shape index (κ3) is 4.32. The lowest BCUT2D eigenvalue weighted by atomic mass is 9.93. The van der Waals surface area contributed by atoms with Gasteiger partial charge in [-0.1, -0.05) is 50.6 Å². The minimum absolute atomic E-state index is 0.480. The molecule has 2 nitrogen and oxygen atoms in total. The maximum Gasteiger partial charge on any atom is 0.0358 e. The van der Waals surface area contributed by atoms with Crippen molar-refractivity contribution in [1.29, 1.82) is 0 Å². The van der Waals surface area contributed by atoms with Gasteiger partial charge in [-0.05, 0) is 44.0 Å². The SMILES string of the molecule is CCNC(c1ccccc1)C(C)CN1CCCCC1. The number of piperidine rings is 1. The molecule has 19 heavy (non-hydrogen) atoms. The van der Waals surface area contributed by atoms with E-state index in [2.05, 4.69) is 54.4 Å². The van der Waals surface area contributed by atoms with E-state index in [-0.39, 0.29) is 0 Å². The summed E-state index contributed by atoms with van der Waals surface area (Å²) in [5, 5.41) is 3.66. The van der Waals surface area contributed by atoms with Crippen molar-refractivity contribution >= 4 is 0 Å². The van der Waals surface area contributed by atoms with Gasteiger partial charge < -0.3 is 10.2 Å². The highest BCUT2D eigenvalue weighted by molar-refractivity contribution is 5.19. The molecular weight excluding hydrogens is 232 g/mol. The second-order valence-electron chi connectivity index (χ2n) is 5.78. The first-order chi connectivity index (χ1) is 9.31. The normalized spacial score (nSPS) is 20.1. The van der Waals surface area contributed by atoms with Crippen LogP contribution >= 0.6 is 0 Å². The summed E-state index contributed by atoms with van der Waals surface area (Å²) >= 11 is 0. The molecule has 1 aliphatic rings. The summed E-state index contributed by atoms with van der Waals surface area (Å²) in [5.74, 6) is 0.653. The number of rotatable bonds is 6. The first-order valence-corrected chi connectivity index (χ1v) is 7.82. The summed E-state index contributed by atoms with van der Waals surface area (Å²) in [5.41, 5.74) is 1.42. The smallest absolute Gasteiger partial charge is 0.0358 e. The Bertz CT molecular complexity index is 344. The van der Waals surface area contributed by atoms with Crippen LogP contribution in [0.4, 0.5) is 0 Å². The van der Waals surface area contributed by atoms with Gasteiger partial charge in [0.05, 0.1) is 0 Å². The molecule has 1 N–H and O–H groups in total. The summed E-state index contributed by atoms with van der Waals surface area (Å²) in [6, 6.07) is 11.4. The topological polar surface area (TPSA) is 15.3 Å². The lowest BCUT2D eigenvalue weighted by Crippen LogP contribution is -2.38. The molecule has 1 aromatic rings. The van der Waals surface area contributed by atoms with Crippen molar-refractivity contribution in [1.82, 2.24) is 10.2 Å². The van der Waals surface area contributed by atoms with E-state index in [0.717, 1.165) is 6.54 Å². The van der Waals surface area contributed by atoms with Gasteiger partial charge >= 0.3 is 0 Å². The van der Waals surface area contributed by atoms with Gasteiger partial charge in [0.25, 0.3) is 0 Å². The van der Waals surface area contributed by atoms with E-state index >= 15 is 0 Å². The van der Waals surface area contributed by atoms with Crippen LogP contribution < -0.4 is 5.32 Å². The van der Waals surface area contributed by atoms with Crippen LogP contribution in [-0.2, 0) is 0 Å². The highest BCUT2D eigenvalue weighted by atomic mass is 15.1. The quantitative estimate of drug-likeness (QED) is 0.842. The summed E-state index contributed by atoms with van der Waals surface area (Å²) in [6.07, 6.45) is 4.17. The third-order valence-electron chi connectivity index (χ3n) is 4.15. The Morgan fingerprint density at radius 1 is 1.11 bits per heavy atom. The third-order valence-corrected chi connectivity index (χ3v) is 4.15. The van der Waals surface area contributed by atoms with E-state index in [9.17, 15) is 0 Å². The van der Waals surface area contributed by atoms with Gasteiger partial charge in [-0.25, -0.2) is 0 Å². The van der Waals surface area contributed by atoms with Crippen LogP contribution in [0.2, 0.25) is 0 Å². The summed E-state index contributed by atoms with van der Waals surface area (Å²) in [6.45, 7) is 9.41. The first-order valence-electron chi connectivity index (χ1n) is 7.82. The fourth-order valence-corrected chi connectivity index (χ4v) is 3.18. The number of hydrogen-bond acceptors (Lipinski definition) is 2. The van der Waals surface area contributed by atoms with Gasteiger partial charge in [-0.2, -0.15) is 0 Å². The van der Waals surface area contributed by atoms with Crippen LogP contribution in [0.25, 0.3) is 0 Å². The predicted octanol–water partition coefficient (Wildman–Crippen LogP) is 3.46. The van der Waals surface area contributed by atoms with Gasteiger partial charge in [-0.3, -0.25) is 0 Å². The Balaban J connectivity index is 1.97. The van der Waals surface area contributed by atoms with Crippen LogP contribution in [0.3, 0.4) is 0 Å². The van der Waals surface area contributed by atoms with Crippen LogP contribution in [-0.4, -0.2) is 31.1 Å². The van der Waals surface area contributed by atoms with Crippen molar-refractivity contribution < 1.29 is 0 Å². The number of nitrogens with one attached hydrogen (secondary N) is 1. The van der Waals surface area contributed by atoms with E-state index in [1.54, 1.807) is 0 Å². The molecule has 0 bridgehead atoms. The molecule has 0 saturated carbocycles. The van der Waals surface area contributed by atoms with Crippen molar-refractivity contribution in [3.63, 3.8) is 0 Å². The lowest BCUT2D eigenvalue weighted by molar-refractivity contribution is 0.182. The van der Waals surface area contributed by atoms with Crippen molar-refractivity contribution in [2.45, 2.75) is 39.2 Å². The lowest BCUT2D eigenvalue weighted by Gasteiger charge is -2.33. The molecular formula is C17H28N2. The summed E-state index contributed by atoms with van der Waals surface area (Å²) in [4.78, 5) is 2.64. The minimum atomic E-state index is 0.480. The second-order valence-corrected chi connectivity index (χ2v) is 5.78. The molecule has 1 heterocycles. The molecule has 1 aliphatic heterocycles. The molecule has 1 fully saturated rings. The van der Waals surface area contributed by atoms with Crippen LogP contribution in [0.5, 0.6) is 0 Å². The van der Waals surface area contributed by atoms with Crippen molar-refractivity contribution in [3.05, 3.63) is 35.9 Å². The largest absolute Gasteiger partial charge is 0.310 e. The first kappa shape index (κ1) is 14.5. The zero-order valence-corrected chi connectivity index (χ0v) is 12.4. The Morgan fingerprint density at radius 3 is 2.42 bits per heavy atom. The Morgan fingerprint density at radius 2 is 1.79 bits per heavy atom. The van der Waals surface area contributed by atoms with Crippen molar-refractivity contribution in [2.75, 3.05) is 26.2 Å². The fraction of sp³-hybridized carbons (Fsp3) is 0.647. The molecule has 0 aromatic heterocycles. The molecule has 2 heteroatoms. The molecule has 2 unspecified atom stereocenters. The molecule has 0 spiro atoms. The summed E-state index contributed by atoms with van der Waals surface area (Å²) < 4.78 is 0. The maximum absolute atomic E-state index is 3.66. The van der Waals surface area contributed by atoms with Gasteiger partial charge in [0.15, 0.2) is 0 Å². The number of benzene rings is 1. The number of nitrogens with zero attached hydrogens (tertiary/aromatic N) is 1. The Kier molecular flexibility index (Phi) is 5.87. The van der Waals surface area contributed by atoms with Gasteiger partial charge in [-0.15, -0.1) is 0 Å². The molecule has 0 aliphatic carbocycles. The van der Waals surface area contributed by atoms with Gasteiger partial charge in [0.2, 0.25) is 0 Å². The van der Waals surface area contributed by atoms with E-state index in [1.807, 2.05) is 0 Å². The second kappa shape index (κ2) is 7.66. The average Bonchev–Trinajstić information content (AvgIpc) is 2.46. The summed E-state index contributed by atoms with van der Waals surface area (Å²) in [7, 11) is 0. The zero-order valence-electron chi connectivity index (χ0n) is 12.4. The van der Waals surface area contributed by atoms with Crippen molar-refractivity contribution in [2.24, 2.45) is 5.92 Å². The standard InChI is InChI=1S/C17H28N2/c1-3-18-17(16-10-6-4-7-11-16)15(2)14-19-12-8-5-9-13-19/h4,6-7,10-11,15,17-18H,3,5,8-9,12-14H2,1-2H3. The highest BCUT2D eigenvalue weighted by Crippen LogP contribution is 2.23. The van der Waals surface area contributed by atoms with Gasteiger partial charge in [0.1, 0.15) is 0 Å². The fourth-order valence-electron chi connectivity index (χ4n) is 3.18. The predicted molar refractivity (Wildman–Crippen MR) is 82.3 cm³/mol. The number of hydrogen-bond donors (Lipinski definition) is 1. The molecule has 106 valence electrons. The molecule has 1 aromatic carbocycles. The van der Waals surface area contributed by atoms with Crippen LogP contribution in [0, 0.1) is 5.92 Å². The zero-order chi connectivity index (χ0) is 13.5. The van der Waals surface area contributed by atoms with Gasteiger partial charge in [0, 0.05) is 12.6 Å². The Labute approximate surface area is 118 Å². The average molecular weight is 260 g/mol. The Hall–Kier alpha value is -0.860. The molecule has 0 amide bonds. The molecule has 1 saturated heterocycles. The maximum atomic E-state index is 3.66. The van der Waals surface area contributed by atoms with Crippen LogP contribution in [0.1, 0.15) is 44.7 Å². The van der Waals surface area contributed by atoms with E-state index < -0.39 is 0 Å². The molecule has 0 radical (unpaired) electrons. The molecule has 2 rings (SSSR count). The van der Waals surface area contributed by atoms with Crippen LogP contribution in [0.15, 0.2) is 30.3 Å². The van der Waals surface area contributed by atoms with E-state index in [0.29, 0.717) is 12.0 Å². The minimum Gasteiger partial charge on any atom is -0.310 e. The van der Waals surface area contributed by atoms with E-state index in [1.165, 1.54) is 44.5 Å². The number of likely N-dealkylation sites (tertiary alicyclic amines) is 1. The van der Waals surface area contributed by atoms with E-state index in [4.69, 9.17) is 0 Å². The molecule has 2 atom stereocenters. The highest BCUT2D eigenvalue weighted by Gasteiger charge is 2.21. The van der Waals surface area contributed by atoms with Crippen molar-refractivity contribution in [3.8, 4) is 0 Å².